The number of hydrogen-bond donors (Lipinski definition) is 0. The summed E-state index contributed by atoms with van der Waals surface area (Å²) in [4.78, 5) is 9.41. The summed E-state index contributed by atoms with van der Waals surface area (Å²) in [5.74, 6) is 0. The van der Waals surface area contributed by atoms with E-state index >= 15 is 0 Å². The minimum atomic E-state index is 0.910. The minimum Gasteiger partial charge on any atom is -0.252 e. The van der Waals surface area contributed by atoms with Crippen molar-refractivity contribution in [2.75, 3.05) is 0 Å². The van der Waals surface area contributed by atoms with Crippen molar-refractivity contribution in [3.8, 4) is 22.5 Å². The summed E-state index contributed by atoms with van der Waals surface area (Å²) < 4.78 is 0. The summed E-state index contributed by atoms with van der Waals surface area (Å²) in [6.45, 7) is 2.01. The molecule has 0 saturated carbocycles. The van der Waals surface area contributed by atoms with Crippen molar-refractivity contribution in [1.82, 2.24) is 9.97 Å². The van der Waals surface area contributed by atoms with Gasteiger partial charge in [-0.05, 0) is 23.8 Å². The summed E-state index contributed by atoms with van der Waals surface area (Å²) in [5, 5.41) is 2.46. The molecule has 4 rings (SSSR count). The van der Waals surface area contributed by atoms with E-state index < -0.39 is 0 Å². The quantitative estimate of drug-likeness (QED) is 0.503. The van der Waals surface area contributed by atoms with Gasteiger partial charge in [0.15, 0.2) is 0 Å². The van der Waals surface area contributed by atoms with Crippen LogP contribution in [0.25, 0.3) is 33.3 Å². The lowest BCUT2D eigenvalue weighted by Crippen LogP contribution is -1.95. The fraction of sp³-hybridized carbons (Fsp3) is 0.0476. The summed E-state index contributed by atoms with van der Waals surface area (Å²) in [7, 11) is 0. The van der Waals surface area contributed by atoms with E-state index in [0.29, 0.717) is 0 Å². The first kappa shape index (κ1) is 13.6. The van der Waals surface area contributed by atoms with Gasteiger partial charge in [-0.1, -0.05) is 66.7 Å². The van der Waals surface area contributed by atoms with E-state index in [1.807, 2.05) is 31.3 Å². The van der Waals surface area contributed by atoms with Crippen molar-refractivity contribution in [3.05, 3.63) is 84.7 Å². The molecule has 0 bridgehead atoms. The van der Waals surface area contributed by atoms with Gasteiger partial charge in [-0.2, -0.15) is 0 Å². The molecule has 0 radical (unpaired) electrons. The van der Waals surface area contributed by atoms with E-state index in [4.69, 9.17) is 4.98 Å². The molecular formula is C21H16N2. The van der Waals surface area contributed by atoms with Crippen LogP contribution in [-0.4, -0.2) is 9.97 Å². The molecule has 0 unspecified atom stereocenters. The highest BCUT2D eigenvalue weighted by Gasteiger charge is 2.08. The molecule has 4 aromatic rings. The Morgan fingerprint density at radius 1 is 0.696 bits per heavy atom. The largest absolute Gasteiger partial charge is 0.252 e. The Balaban J connectivity index is 1.78. The van der Waals surface area contributed by atoms with Crippen LogP contribution in [0.4, 0.5) is 0 Å². The minimum absolute atomic E-state index is 0.910. The maximum Gasteiger partial charge on any atom is 0.0914 e. The summed E-state index contributed by atoms with van der Waals surface area (Å²) in [5.41, 5.74) is 4.99. The van der Waals surface area contributed by atoms with E-state index in [0.717, 1.165) is 28.2 Å². The molecule has 1 aromatic heterocycles. The topological polar surface area (TPSA) is 25.8 Å². The average Bonchev–Trinajstić information content (AvgIpc) is 2.62. The zero-order valence-electron chi connectivity index (χ0n) is 12.9. The van der Waals surface area contributed by atoms with E-state index in [9.17, 15) is 0 Å². The van der Waals surface area contributed by atoms with Gasteiger partial charge in [-0.3, -0.25) is 4.98 Å². The SMILES string of the molecule is Cc1nc(-c2ccc3ccccc3c2)cnc1-c1ccccc1. The Bertz CT molecular complexity index is 975. The van der Waals surface area contributed by atoms with E-state index in [-0.39, 0.29) is 0 Å². The van der Waals surface area contributed by atoms with E-state index in [1.54, 1.807) is 0 Å². The summed E-state index contributed by atoms with van der Waals surface area (Å²) in [6, 6.07) is 24.9. The lowest BCUT2D eigenvalue weighted by Gasteiger charge is -2.08. The molecule has 0 fully saturated rings. The van der Waals surface area contributed by atoms with Gasteiger partial charge in [0.1, 0.15) is 0 Å². The zero-order valence-corrected chi connectivity index (χ0v) is 12.9. The Hall–Kier alpha value is -3.00. The molecule has 0 aliphatic carbocycles. The number of rotatable bonds is 2. The van der Waals surface area contributed by atoms with Crippen molar-refractivity contribution in [2.45, 2.75) is 6.92 Å². The number of hydrogen-bond acceptors (Lipinski definition) is 2. The van der Waals surface area contributed by atoms with Crippen molar-refractivity contribution in [2.24, 2.45) is 0 Å². The van der Waals surface area contributed by atoms with Gasteiger partial charge in [0.05, 0.1) is 23.3 Å². The van der Waals surface area contributed by atoms with Crippen molar-refractivity contribution in [1.29, 1.82) is 0 Å². The second kappa shape index (κ2) is 5.65. The average molecular weight is 296 g/mol. The van der Waals surface area contributed by atoms with Crippen LogP contribution in [0.3, 0.4) is 0 Å². The predicted molar refractivity (Wildman–Crippen MR) is 95.1 cm³/mol. The van der Waals surface area contributed by atoms with Crippen LogP contribution in [0.1, 0.15) is 5.69 Å². The number of benzene rings is 3. The maximum atomic E-state index is 4.76. The van der Waals surface area contributed by atoms with Gasteiger partial charge in [0.2, 0.25) is 0 Å². The van der Waals surface area contributed by atoms with Crippen molar-refractivity contribution in [3.63, 3.8) is 0 Å². The van der Waals surface area contributed by atoms with Crippen LogP contribution < -0.4 is 0 Å². The van der Waals surface area contributed by atoms with Gasteiger partial charge in [0.25, 0.3) is 0 Å². The standard InChI is InChI=1S/C21H16N2/c1-15-21(17-8-3-2-4-9-17)22-14-20(23-15)19-12-11-16-7-5-6-10-18(16)13-19/h2-14H,1H3. The Labute approximate surface area is 135 Å². The molecule has 0 atom stereocenters. The van der Waals surface area contributed by atoms with Crippen molar-refractivity contribution < 1.29 is 0 Å². The fourth-order valence-electron chi connectivity index (χ4n) is 2.85. The van der Waals surface area contributed by atoms with Gasteiger partial charge >= 0.3 is 0 Å². The fourth-order valence-corrected chi connectivity index (χ4v) is 2.85. The van der Waals surface area contributed by atoms with Crippen LogP contribution in [-0.2, 0) is 0 Å². The molecule has 0 amide bonds. The molecule has 1 heterocycles. The third-order valence-electron chi connectivity index (χ3n) is 4.04. The third-order valence-corrected chi connectivity index (χ3v) is 4.04. The highest BCUT2D eigenvalue weighted by Crippen LogP contribution is 2.25. The normalized spacial score (nSPS) is 10.8. The first-order chi connectivity index (χ1) is 11.3. The van der Waals surface area contributed by atoms with Crippen LogP contribution in [0.5, 0.6) is 0 Å². The van der Waals surface area contributed by atoms with Gasteiger partial charge < -0.3 is 0 Å². The highest BCUT2D eigenvalue weighted by atomic mass is 14.8. The van der Waals surface area contributed by atoms with Crippen LogP contribution in [0, 0.1) is 6.92 Å². The molecule has 0 spiro atoms. The second-order valence-corrected chi connectivity index (χ2v) is 5.62. The number of aromatic nitrogens is 2. The molecule has 0 aliphatic rings. The van der Waals surface area contributed by atoms with Gasteiger partial charge in [0, 0.05) is 11.1 Å². The Morgan fingerprint density at radius 2 is 1.43 bits per heavy atom. The molecule has 3 aromatic carbocycles. The van der Waals surface area contributed by atoms with Crippen molar-refractivity contribution >= 4 is 10.8 Å². The molecule has 2 nitrogen and oxygen atoms in total. The number of nitrogens with zero attached hydrogens (tertiary/aromatic N) is 2. The van der Waals surface area contributed by atoms with E-state index in [1.165, 1.54) is 10.8 Å². The molecule has 2 heteroatoms. The molecular weight excluding hydrogens is 280 g/mol. The summed E-state index contributed by atoms with van der Waals surface area (Å²) >= 11 is 0. The van der Waals surface area contributed by atoms with Crippen LogP contribution >= 0.6 is 0 Å². The lowest BCUT2D eigenvalue weighted by atomic mass is 10.0. The second-order valence-electron chi connectivity index (χ2n) is 5.62. The molecule has 0 N–H and O–H groups in total. The van der Waals surface area contributed by atoms with E-state index in [2.05, 4.69) is 59.6 Å². The molecule has 0 saturated heterocycles. The third kappa shape index (κ3) is 2.59. The smallest absolute Gasteiger partial charge is 0.0914 e. The predicted octanol–water partition coefficient (Wildman–Crippen LogP) is 5.27. The Morgan fingerprint density at radius 3 is 2.22 bits per heavy atom. The van der Waals surface area contributed by atoms with Gasteiger partial charge in [-0.15, -0.1) is 0 Å². The molecule has 0 aliphatic heterocycles. The van der Waals surface area contributed by atoms with Gasteiger partial charge in [-0.25, -0.2) is 4.98 Å². The molecule has 23 heavy (non-hydrogen) atoms. The Kier molecular flexibility index (Phi) is 3.35. The monoisotopic (exact) mass is 296 g/mol. The number of fused-ring (bicyclic) bond motifs is 1. The van der Waals surface area contributed by atoms with Crippen LogP contribution in [0.2, 0.25) is 0 Å². The first-order valence-electron chi connectivity index (χ1n) is 7.69. The first-order valence-corrected chi connectivity index (χ1v) is 7.69. The lowest BCUT2D eigenvalue weighted by molar-refractivity contribution is 1.13. The maximum absolute atomic E-state index is 4.76. The van der Waals surface area contributed by atoms with Crippen LogP contribution in [0.15, 0.2) is 79.0 Å². The highest BCUT2D eigenvalue weighted by molar-refractivity contribution is 5.86. The number of aryl methyl sites for hydroxylation is 1. The zero-order chi connectivity index (χ0) is 15.6. The molecule has 110 valence electrons. The summed E-state index contributed by atoms with van der Waals surface area (Å²) in [6.07, 6.45) is 1.86.